The second kappa shape index (κ2) is 8.92. The van der Waals surface area contributed by atoms with E-state index in [-0.39, 0.29) is 13.1 Å². The number of amides is 2. The molecule has 0 aliphatic rings. The number of carbonyl (C=O) groups is 2. The fourth-order valence-electron chi connectivity index (χ4n) is 2.03. The quantitative estimate of drug-likeness (QED) is 0.776. The summed E-state index contributed by atoms with van der Waals surface area (Å²) < 4.78 is 42.9. The van der Waals surface area contributed by atoms with Crippen molar-refractivity contribution in [3.8, 4) is 0 Å². The molecule has 0 heterocycles. The predicted molar refractivity (Wildman–Crippen MR) is 97.0 cm³/mol. The molecule has 1 rings (SSSR count). The third kappa shape index (κ3) is 8.15. The summed E-state index contributed by atoms with van der Waals surface area (Å²) in [4.78, 5) is 25.1. The lowest BCUT2D eigenvalue weighted by Crippen LogP contribution is -2.38. The van der Waals surface area contributed by atoms with Crippen molar-refractivity contribution in [1.82, 2.24) is 10.2 Å². The molecule has 0 radical (unpaired) electrons. The van der Waals surface area contributed by atoms with Gasteiger partial charge >= 0.3 is 12.3 Å². The minimum absolute atomic E-state index is 0.214. The second-order valence-corrected chi connectivity index (χ2v) is 7.10. The monoisotopic (exact) mass is 386 g/mol. The topological polar surface area (TPSA) is 58.6 Å². The Kier molecular flexibility index (Phi) is 7.45. The van der Waals surface area contributed by atoms with E-state index in [1.165, 1.54) is 23.1 Å². The van der Waals surface area contributed by atoms with Crippen molar-refractivity contribution in [2.75, 3.05) is 20.1 Å². The van der Waals surface area contributed by atoms with Crippen LogP contribution in [-0.4, -0.2) is 42.6 Å². The summed E-state index contributed by atoms with van der Waals surface area (Å²) in [5, 5.41) is 2.62. The highest BCUT2D eigenvalue weighted by Crippen LogP contribution is 2.29. The zero-order valence-electron chi connectivity index (χ0n) is 16.1. The van der Waals surface area contributed by atoms with Gasteiger partial charge in [-0.25, -0.2) is 4.79 Å². The highest BCUT2D eigenvalue weighted by molar-refractivity contribution is 5.94. The van der Waals surface area contributed by atoms with Crippen LogP contribution in [0.2, 0.25) is 0 Å². The maximum absolute atomic E-state index is 12.6. The lowest BCUT2D eigenvalue weighted by atomic mass is 10.0. The molecule has 1 aromatic rings. The molecule has 27 heavy (non-hydrogen) atoms. The van der Waals surface area contributed by atoms with Crippen LogP contribution >= 0.6 is 0 Å². The van der Waals surface area contributed by atoms with Crippen LogP contribution < -0.4 is 5.32 Å². The summed E-state index contributed by atoms with van der Waals surface area (Å²) in [5.74, 6) is -0.398. The van der Waals surface area contributed by atoms with Crippen molar-refractivity contribution < 1.29 is 27.5 Å². The largest absolute Gasteiger partial charge is 0.444 e. The van der Waals surface area contributed by atoms with Crippen LogP contribution in [0.1, 0.15) is 38.8 Å². The predicted octanol–water partition coefficient (Wildman–Crippen LogP) is 4.09. The Morgan fingerprint density at radius 2 is 1.70 bits per heavy atom. The Labute approximate surface area is 157 Å². The van der Waals surface area contributed by atoms with Crippen molar-refractivity contribution in [1.29, 1.82) is 0 Å². The standard InChI is InChI=1S/C19H25F3N2O3/c1-13(14-6-8-15(9-7-14)19(20,21)22)12-16(25)23-10-11-24(5)17(26)27-18(2,3)4/h6-9,12H,10-11H2,1-5H3,(H,23,25)/b13-12-. The molecule has 0 spiro atoms. The summed E-state index contributed by atoms with van der Waals surface area (Å²) in [5.41, 5.74) is -0.296. The van der Waals surface area contributed by atoms with Crippen molar-refractivity contribution in [2.24, 2.45) is 0 Å². The van der Waals surface area contributed by atoms with E-state index in [2.05, 4.69) is 5.32 Å². The van der Waals surface area contributed by atoms with Gasteiger partial charge in [-0.2, -0.15) is 13.2 Å². The number of nitrogens with one attached hydrogen (secondary N) is 1. The van der Waals surface area contributed by atoms with Crippen LogP contribution in [0.25, 0.3) is 5.57 Å². The Balaban J connectivity index is 2.54. The van der Waals surface area contributed by atoms with Gasteiger partial charge < -0.3 is 15.0 Å². The maximum atomic E-state index is 12.6. The molecular weight excluding hydrogens is 361 g/mol. The van der Waals surface area contributed by atoms with Gasteiger partial charge in [0.15, 0.2) is 0 Å². The number of benzene rings is 1. The van der Waals surface area contributed by atoms with Crippen LogP contribution in [0.15, 0.2) is 30.3 Å². The Hall–Kier alpha value is -2.51. The Bertz CT molecular complexity index is 690. The summed E-state index contributed by atoms with van der Waals surface area (Å²) in [7, 11) is 1.56. The minimum atomic E-state index is -4.40. The number of likely N-dealkylation sites (N-methyl/N-ethyl adjacent to an activating group) is 1. The smallest absolute Gasteiger partial charge is 0.416 e. The number of carbonyl (C=O) groups excluding carboxylic acids is 2. The van der Waals surface area contributed by atoms with E-state index < -0.39 is 29.3 Å². The molecule has 150 valence electrons. The highest BCUT2D eigenvalue weighted by Gasteiger charge is 2.29. The van der Waals surface area contributed by atoms with Gasteiger partial charge in [0.2, 0.25) is 5.91 Å². The van der Waals surface area contributed by atoms with Gasteiger partial charge in [-0.05, 0) is 51.0 Å². The SMILES string of the molecule is C/C(=C/C(=O)NCCN(C)C(=O)OC(C)(C)C)c1ccc(C(F)(F)F)cc1. The van der Waals surface area contributed by atoms with Gasteiger partial charge in [-0.1, -0.05) is 12.1 Å². The number of allylic oxidation sites excluding steroid dienone is 1. The molecule has 8 heteroatoms. The van der Waals surface area contributed by atoms with Gasteiger partial charge in [-0.15, -0.1) is 0 Å². The molecule has 0 aliphatic carbocycles. The Morgan fingerprint density at radius 1 is 1.15 bits per heavy atom. The van der Waals surface area contributed by atoms with Crippen molar-refractivity contribution in [2.45, 2.75) is 39.5 Å². The number of hydrogen-bond donors (Lipinski definition) is 1. The van der Waals surface area contributed by atoms with Crippen molar-refractivity contribution in [3.63, 3.8) is 0 Å². The van der Waals surface area contributed by atoms with E-state index in [9.17, 15) is 22.8 Å². The molecule has 0 aliphatic heterocycles. The van der Waals surface area contributed by atoms with Crippen LogP contribution in [0.3, 0.4) is 0 Å². The van der Waals surface area contributed by atoms with Crippen molar-refractivity contribution in [3.05, 3.63) is 41.5 Å². The number of alkyl halides is 3. The first-order chi connectivity index (χ1) is 12.3. The third-order valence-electron chi connectivity index (χ3n) is 3.47. The zero-order chi connectivity index (χ0) is 20.8. The van der Waals surface area contributed by atoms with Crippen LogP contribution in [-0.2, 0) is 15.7 Å². The normalized spacial score (nSPS) is 12.5. The van der Waals surface area contributed by atoms with Gasteiger partial charge in [0, 0.05) is 26.2 Å². The molecule has 1 N–H and O–H groups in total. The zero-order valence-corrected chi connectivity index (χ0v) is 16.1. The van der Waals surface area contributed by atoms with Gasteiger partial charge in [0.1, 0.15) is 5.60 Å². The third-order valence-corrected chi connectivity index (χ3v) is 3.47. The fourth-order valence-corrected chi connectivity index (χ4v) is 2.03. The fraction of sp³-hybridized carbons (Fsp3) is 0.474. The molecular formula is C19H25F3N2O3. The van der Waals surface area contributed by atoms with E-state index in [4.69, 9.17) is 4.74 Å². The molecule has 0 atom stereocenters. The second-order valence-electron chi connectivity index (χ2n) is 7.10. The molecule has 0 saturated carbocycles. The molecule has 1 aromatic carbocycles. The molecule has 0 unspecified atom stereocenters. The maximum Gasteiger partial charge on any atom is 0.416 e. The first kappa shape index (κ1) is 22.5. The molecule has 5 nitrogen and oxygen atoms in total. The summed E-state index contributed by atoms with van der Waals surface area (Å²) in [6.45, 7) is 7.38. The summed E-state index contributed by atoms with van der Waals surface area (Å²) in [6, 6.07) is 4.58. The van der Waals surface area contributed by atoms with E-state index in [1.807, 2.05) is 0 Å². The molecule has 0 saturated heterocycles. The summed E-state index contributed by atoms with van der Waals surface area (Å²) >= 11 is 0. The number of hydrogen-bond acceptors (Lipinski definition) is 3. The van der Waals surface area contributed by atoms with Crippen LogP contribution in [0, 0.1) is 0 Å². The van der Waals surface area contributed by atoms with E-state index in [0.29, 0.717) is 11.1 Å². The molecule has 2 amide bonds. The van der Waals surface area contributed by atoms with E-state index in [1.54, 1.807) is 34.7 Å². The molecule has 0 fully saturated rings. The minimum Gasteiger partial charge on any atom is -0.444 e. The lowest BCUT2D eigenvalue weighted by molar-refractivity contribution is -0.137. The molecule has 0 aromatic heterocycles. The van der Waals surface area contributed by atoms with Gasteiger partial charge in [0.25, 0.3) is 0 Å². The lowest BCUT2D eigenvalue weighted by Gasteiger charge is -2.24. The number of ether oxygens (including phenoxy) is 1. The van der Waals surface area contributed by atoms with Crippen LogP contribution in [0.4, 0.5) is 18.0 Å². The average molecular weight is 386 g/mol. The highest BCUT2D eigenvalue weighted by atomic mass is 19.4. The number of halogens is 3. The summed E-state index contributed by atoms with van der Waals surface area (Å²) in [6.07, 6.45) is -3.59. The molecule has 0 bridgehead atoms. The van der Waals surface area contributed by atoms with Crippen molar-refractivity contribution >= 4 is 17.6 Å². The Morgan fingerprint density at radius 3 is 2.19 bits per heavy atom. The van der Waals surface area contributed by atoms with E-state index >= 15 is 0 Å². The first-order valence-corrected chi connectivity index (χ1v) is 8.37. The van der Waals surface area contributed by atoms with E-state index in [0.717, 1.165) is 12.1 Å². The van der Waals surface area contributed by atoms with Crippen LogP contribution in [0.5, 0.6) is 0 Å². The average Bonchev–Trinajstić information content (AvgIpc) is 2.52. The first-order valence-electron chi connectivity index (χ1n) is 8.37. The number of nitrogens with zero attached hydrogens (tertiary/aromatic N) is 1. The van der Waals surface area contributed by atoms with Gasteiger partial charge in [-0.3, -0.25) is 4.79 Å². The van der Waals surface area contributed by atoms with Gasteiger partial charge in [0.05, 0.1) is 5.56 Å². The number of rotatable bonds is 5.